The van der Waals surface area contributed by atoms with E-state index >= 15 is 0 Å². The molecule has 3 N–H and O–H groups in total. The summed E-state index contributed by atoms with van der Waals surface area (Å²) in [5.74, 6) is 1.61. The number of methoxy groups -OCH3 is 1. The Hall–Kier alpha value is -2.29. The van der Waals surface area contributed by atoms with Gasteiger partial charge in [-0.2, -0.15) is 9.98 Å². The molecular formula is C18H23Cl2N7O. The molecule has 0 saturated carbocycles. The van der Waals surface area contributed by atoms with E-state index in [2.05, 4.69) is 37.1 Å². The van der Waals surface area contributed by atoms with Crippen LogP contribution in [0.4, 0.5) is 17.5 Å². The zero-order chi connectivity index (χ0) is 20.3. The van der Waals surface area contributed by atoms with Crippen molar-refractivity contribution >= 4 is 46.6 Å². The standard InChI is InChI=1S/C18H23Cl2N7O/c1-26-5-4-14(10-26)27(2)16-15(28-3)9-22-18(24-16)25-17(21)23-13-7-11(19)6-12(20)8-13/h6-9,14H,4-5,10H2,1-3H3,(H3,21,22,23,24,25). The van der Waals surface area contributed by atoms with E-state index < -0.39 is 0 Å². The molecule has 0 radical (unpaired) electrons. The fourth-order valence-electron chi connectivity index (χ4n) is 3.11. The SMILES string of the molecule is COc1cnc(N=C(N)Nc2cc(Cl)cc(Cl)c2)nc1N(C)C1CCN(C)C1. The van der Waals surface area contributed by atoms with Crippen molar-refractivity contribution in [1.29, 1.82) is 0 Å². The lowest BCUT2D eigenvalue weighted by molar-refractivity contribution is 0.401. The van der Waals surface area contributed by atoms with Gasteiger partial charge in [0.05, 0.1) is 13.3 Å². The van der Waals surface area contributed by atoms with Crippen LogP contribution in [0.3, 0.4) is 0 Å². The fourth-order valence-corrected chi connectivity index (χ4v) is 3.64. The monoisotopic (exact) mass is 423 g/mol. The van der Waals surface area contributed by atoms with Crippen LogP contribution in [0.2, 0.25) is 10.0 Å². The Morgan fingerprint density at radius 3 is 2.68 bits per heavy atom. The van der Waals surface area contributed by atoms with Crippen LogP contribution in [0.1, 0.15) is 6.42 Å². The first kappa shape index (κ1) is 20.4. The van der Waals surface area contributed by atoms with Crippen LogP contribution in [-0.2, 0) is 0 Å². The number of ether oxygens (including phenoxy) is 1. The number of halogens is 2. The number of anilines is 2. The number of likely N-dealkylation sites (tertiary alicyclic amines) is 1. The molecule has 0 spiro atoms. The summed E-state index contributed by atoms with van der Waals surface area (Å²) in [5, 5.41) is 3.93. The van der Waals surface area contributed by atoms with Crippen molar-refractivity contribution in [2.24, 2.45) is 10.7 Å². The molecule has 0 amide bonds. The molecule has 1 aromatic heterocycles. The Bertz CT molecular complexity index is 857. The molecule has 28 heavy (non-hydrogen) atoms. The molecule has 10 heteroatoms. The molecule has 1 unspecified atom stereocenters. The highest BCUT2D eigenvalue weighted by molar-refractivity contribution is 6.35. The van der Waals surface area contributed by atoms with E-state index in [0.29, 0.717) is 33.3 Å². The van der Waals surface area contributed by atoms with E-state index in [0.717, 1.165) is 19.5 Å². The van der Waals surface area contributed by atoms with Gasteiger partial charge in [0.2, 0.25) is 5.96 Å². The van der Waals surface area contributed by atoms with Crippen LogP contribution < -0.4 is 20.7 Å². The average molecular weight is 424 g/mol. The fraction of sp³-hybridized carbons (Fsp3) is 0.389. The van der Waals surface area contributed by atoms with Crippen molar-refractivity contribution in [3.8, 4) is 5.75 Å². The number of aromatic nitrogens is 2. The maximum atomic E-state index is 6.00. The summed E-state index contributed by atoms with van der Waals surface area (Å²) in [5.41, 5.74) is 6.62. The van der Waals surface area contributed by atoms with Crippen LogP contribution >= 0.6 is 23.2 Å². The number of rotatable bonds is 5. The molecule has 8 nitrogen and oxygen atoms in total. The maximum absolute atomic E-state index is 6.00. The van der Waals surface area contributed by atoms with E-state index in [9.17, 15) is 0 Å². The lowest BCUT2D eigenvalue weighted by Crippen LogP contribution is -2.34. The third kappa shape index (κ3) is 4.95. The molecule has 2 heterocycles. The lowest BCUT2D eigenvalue weighted by Gasteiger charge is -2.26. The third-order valence-electron chi connectivity index (χ3n) is 4.55. The number of nitrogens with two attached hydrogens (primary N) is 1. The normalized spacial score (nSPS) is 17.6. The van der Waals surface area contributed by atoms with Crippen molar-refractivity contribution in [2.75, 3.05) is 44.5 Å². The van der Waals surface area contributed by atoms with Gasteiger partial charge in [-0.15, -0.1) is 0 Å². The van der Waals surface area contributed by atoms with Gasteiger partial charge in [0, 0.05) is 35.4 Å². The summed E-state index contributed by atoms with van der Waals surface area (Å²) in [6.45, 7) is 2.01. The van der Waals surface area contributed by atoms with Gasteiger partial charge in [-0.05, 0) is 38.2 Å². The summed E-state index contributed by atoms with van der Waals surface area (Å²) in [6, 6.07) is 5.37. The summed E-state index contributed by atoms with van der Waals surface area (Å²) >= 11 is 12.0. The highest BCUT2D eigenvalue weighted by atomic mass is 35.5. The minimum Gasteiger partial charge on any atom is -0.491 e. The Labute approximate surface area is 174 Å². The number of guanidine groups is 1. The first-order valence-corrected chi connectivity index (χ1v) is 9.51. The van der Waals surface area contributed by atoms with E-state index in [4.69, 9.17) is 33.7 Å². The minimum atomic E-state index is 0.123. The van der Waals surface area contributed by atoms with Crippen LogP contribution in [0, 0.1) is 0 Å². The van der Waals surface area contributed by atoms with E-state index in [-0.39, 0.29) is 11.9 Å². The molecule has 3 rings (SSSR count). The Kier molecular flexibility index (Phi) is 6.43. The predicted octanol–water partition coefficient (Wildman–Crippen LogP) is 2.99. The molecule has 1 aliphatic rings. The van der Waals surface area contributed by atoms with Gasteiger partial charge in [0.25, 0.3) is 5.95 Å². The highest BCUT2D eigenvalue weighted by Gasteiger charge is 2.26. The van der Waals surface area contributed by atoms with Gasteiger partial charge in [0.15, 0.2) is 11.6 Å². The van der Waals surface area contributed by atoms with Gasteiger partial charge in [-0.25, -0.2) is 4.98 Å². The van der Waals surface area contributed by atoms with E-state index in [1.165, 1.54) is 0 Å². The van der Waals surface area contributed by atoms with Crippen LogP contribution in [0.5, 0.6) is 5.75 Å². The average Bonchev–Trinajstić information content (AvgIpc) is 3.06. The number of hydrogen-bond acceptors (Lipinski definition) is 6. The molecule has 2 aromatic rings. The van der Waals surface area contributed by atoms with Crippen molar-refractivity contribution in [3.63, 3.8) is 0 Å². The zero-order valence-corrected chi connectivity index (χ0v) is 17.5. The summed E-state index contributed by atoms with van der Waals surface area (Å²) in [6.07, 6.45) is 2.65. The predicted molar refractivity (Wildman–Crippen MR) is 114 cm³/mol. The topological polar surface area (TPSA) is 91.9 Å². The van der Waals surface area contributed by atoms with Gasteiger partial charge >= 0.3 is 0 Å². The number of hydrogen-bond donors (Lipinski definition) is 2. The smallest absolute Gasteiger partial charge is 0.254 e. The molecule has 150 valence electrons. The summed E-state index contributed by atoms with van der Waals surface area (Å²) < 4.78 is 5.43. The number of benzene rings is 1. The van der Waals surface area contributed by atoms with Gasteiger partial charge < -0.3 is 25.6 Å². The second-order valence-corrected chi connectivity index (χ2v) is 7.53. The number of nitrogens with one attached hydrogen (secondary N) is 1. The molecule has 1 atom stereocenters. The molecule has 0 aliphatic carbocycles. The summed E-state index contributed by atoms with van der Waals surface area (Å²) in [4.78, 5) is 17.4. The van der Waals surface area contributed by atoms with Crippen molar-refractivity contribution in [1.82, 2.24) is 14.9 Å². The number of nitrogens with zero attached hydrogens (tertiary/aromatic N) is 5. The van der Waals surface area contributed by atoms with E-state index in [1.54, 1.807) is 31.5 Å². The lowest BCUT2D eigenvalue weighted by atomic mass is 10.2. The third-order valence-corrected chi connectivity index (χ3v) is 4.98. The maximum Gasteiger partial charge on any atom is 0.254 e. The first-order chi connectivity index (χ1) is 13.4. The van der Waals surface area contributed by atoms with Crippen molar-refractivity contribution in [2.45, 2.75) is 12.5 Å². The first-order valence-electron chi connectivity index (χ1n) is 8.75. The quantitative estimate of drug-likeness (QED) is 0.563. The van der Waals surface area contributed by atoms with Crippen molar-refractivity contribution in [3.05, 3.63) is 34.4 Å². The van der Waals surface area contributed by atoms with Crippen LogP contribution in [-0.4, -0.2) is 61.2 Å². The molecule has 1 aromatic carbocycles. The van der Waals surface area contributed by atoms with Gasteiger partial charge in [-0.3, -0.25) is 0 Å². The van der Waals surface area contributed by atoms with E-state index in [1.807, 2.05) is 7.05 Å². The van der Waals surface area contributed by atoms with Crippen LogP contribution in [0.25, 0.3) is 0 Å². The summed E-state index contributed by atoms with van der Waals surface area (Å²) in [7, 11) is 5.70. The Morgan fingerprint density at radius 2 is 2.07 bits per heavy atom. The molecule has 1 fully saturated rings. The largest absolute Gasteiger partial charge is 0.491 e. The van der Waals surface area contributed by atoms with Crippen molar-refractivity contribution < 1.29 is 4.74 Å². The Morgan fingerprint density at radius 1 is 1.36 bits per heavy atom. The second kappa shape index (κ2) is 8.81. The zero-order valence-electron chi connectivity index (χ0n) is 16.0. The second-order valence-electron chi connectivity index (χ2n) is 6.66. The molecule has 1 saturated heterocycles. The molecule has 0 bridgehead atoms. The number of likely N-dealkylation sites (N-methyl/N-ethyl adjacent to an activating group) is 2. The molecular weight excluding hydrogens is 401 g/mol. The Balaban J connectivity index is 1.82. The van der Waals surface area contributed by atoms with Crippen LogP contribution in [0.15, 0.2) is 29.4 Å². The highest BCUT2D eigenvalue weighted by Crippen LogP contribution is 2.29. The van der Waals surface area contributed by atoms with Gasteiger partial charge in [0.1, 0.15) is 0 Å². The minimum absolute atomic E-state index is 0.123. The van der Waals surface area contributed by atoms with Gasteiger partial charge in [-0.1, -0.05) is 23.2 Å². The molecule has 1 aliphatic heterocycles. The number of aliphatic imine (C=N–C) groups is 1.